The Hall–Kier alpha value is -2.32. The number of hydrogen-bond donors (Lipinski definition) is 2. The van der Waals surface area contributed by atoms with Crippen LogP contribution in [-0.4, -0.2) is 40.0 Å². The molecule has 0 unspecified atom stereocenters. The first kappa shape index (κ1) is 16.5. The average molecular weight is 345 g/mol. The van der Waals surface area contributed by atoms with Crippen LogP contribution in [-0.2, 0) is 9.59 Å². The van der Waals surface area contributed by atoms with Crippen molar-refractivity contribution in [1.29, 1.82) is 0 Å². The van der Waals surface area contributed by atoms with Crippen LogP contribution in [0.5, 0.6) is 0 Å². The van der Waals surface area contributed by atoms with Gasteiger partial charge in [-0.1, -0.05) is 41.7 Å². The molecule has 8 heteroatoms. The molecular weight excluding hydrogens is 326 g/mol. The minimum Gasteiger partial charge on any atom is -0.368 e. The highest BCUT2D eigenvalue weighted by Crippen LogP contribution is 2.27. The second-order valence-electron chi connectivity index (χ2n) is 5.78. The van der Waals surface area contributed by atoms with Crippen molar-refractivity contribution >= 4 is 28.3 Å². The summed E-state index contributed by atoms with van der Waals surface area (Å²) in [4.78, 5) is 26.4. The molecule has 0 saturated carbocycles. The lowest BCUT2D eigenvalue weighted by Crippen LogP contribution is -2.46. The molecule has 1 saturated heterocycles. The summed E-state index contributed by atoms with van der Waals surface area (Å²) in [6.45, 7) is 1.23. The van der Waals surface area contributed by atoms with Crippen LogP contribution in [0.3, 0.4) is 0 Å². The molecule has 2 heterocycles. The maximum Gasteiger partial charge on any atom is 0.239 e. The SMILES string of the molecule is NC(=O)[C@@H](c1ccccc1)N1CCC[C@H](C(=O)Nc2nncs2)C1. The first-order valence-corrected chi connectivity index (χ1v) is 8.68. The van der Waals surface area contributed by atoms with E-state index in [4.69, 9.17) is 5.73 Å². The van der Waals surface area contributed by atoms with Gasteiger partial charge in [0.2, 0.25) is 16.9 Å². The predicted molar refractivity (Wildman–Crippen MR) is 91.2 cm³/mol. The van der Waals surface area contributed by atoms with Gasteiger partial charge in [-0.2, -0.15) is 0 Å². The summed E-state index contributed by atoms with van der Waals surface area (Å²) in [5.74, 6) is -0.688. The summed E-state index contributed by atoms with van der Waals surface area (Å²) < 4.78 is 0. The number of primary amides is 1. The minimum absolute atomic E-state index is 0.0901. The largest absolute Gasteiger partial charge is 0.368 e. The molecule has 1 fully saturated rings. The van der Waals surface area contributed by atoms with Crippen molar-refractivity contribution in [2.75, 3.05) is 18.4 Å². The van der Waals surface area contributed by atoms with Gasteiger partial charge in [-0.25, -0.2) is 0 Å². The van der Waals surface area contributed by atoms with Crippen LogP contribution in [0, 0.1) is 5.92 Å². The molecule has 3 N–H and O–H groups in total. The van der Waals surface area contributed by atoms with Gasteiger partial charge >= 0.3 is 0 Å². The minimum atomic E-state index is -0.511. The van der Waals surface area contributed by atoms with E-state index in [1.165, 1.54) is 11.3 Å². The summed E-state index contributed by atoms with van der Waals surface area (Å²) in [5, 5.41) is 10.8. The molecular formula is C16H19N5O2S. The van der Waals surface area contributed by atoms with Gasteiger partial charge in [0.25, 0.3) is 0 Å². The van der Waals surface area contributed by atoms with Crippen molar-refractivity contribution in [3.05, 3.63) is 41.4 Å². The third kappa shape index (κ3) is 3.77. The smallest absolute Gasteiger partial charge is 0.239 e. The fourth-order valence-electron chi connectivity index (χ4n) is 3.08. The first-order valence-electron chi connectivity index (χ1n) is 7.80. The van der Waals surface area contributed by atoms with Crippen molar-refractivity contribution in [1.82, 2.24) is 15.1 Å². The summed E-state index contributed by atoms with van der Waals surface area (Å²) in [7, 11) is 0. The van der Waals surface area contributed by atoms with Crippen molar-refractivity contribution in [3.63, 3.8) is 0 Å². The molecule has 2 amide bonds. The van der Waals surface area contributed by atoms with Crippen LogP contribution in [0.15, 0.2) is 35.8 Å². The van der Waals surface area contributed by atoms with E-state index < -0.39 is 11.9 Å². The number of nitrogens with one attached hydrogen (secondary N) is 1. The lowest BCUT2D eigenvalue weighted by atomic mass is 9.94. The van der Waals surface area contributed by atoms with Gasteiger partial charge < -0.3 is 11.1 Å². The maximum atomic E-state index is 12.4. The van der Waals surface area contributed by atoms with Crippen molar-refractivity contribution in [2.45, 2.75) is 18.9 Å². The van der Waals surface area contributed by atoms with Gasteiger partial charge in [-0.05, 0) is 24.9 Å². The predicted octanol–water partition coefficient (Wildman–Crippen LogP) is 1.42. The molecule has 1 aliphatic rings. The number of rotatable bonds is 5. The number of likely N-dealkylation sites (tertiary alicyclic amines) is 1. The second kappa shape index (κ2) is 7.50. The molecule has 0 aliphatic carbocycles. The Labute approximate surface area is 143 Å². The molecule has 2 aromatic rings. The van der Waals surface area contributed by atoms with Crippen LogP contribution < -0.4 is 11.1 Å². The van der Waals surface area contributed by atoms with Crippen molar-refractivity contribution in [3.8, 4) is 0 Å². The van der Waals surface area contributed by atoms with Gasteiger partial charge in [0.1, 0.15) is 11.6 Å². The van der Waals surface area contributed by atoms with Crippen LogP contribution in [0.25, 0.3) is 0 Å². The summed E-state index contributed by atoms with van der Waals surface area (Å²) in [6, 6.07) is 8.93. The Morgan fingerprint density at radius 1 is 1.33 bits per heavy atom. The lowest BCUT2D eigenvalue weighted by molar-refractivity contribution is -0.127. The topological polar surface area (TPSA) is 101 Å². The van der Waals surface area contributed by atoms with E-state index >= 15 is 0 Å². The van der Waals surface area contributed by atoms with Gasteiger partial charge in [0.05, 0.1) is 5.92 Å². The normalized spacial score (nSPS) is 19.6. The van der Waals surface area contributed by atoms with Crippen LogP contribution in [0.1, 0.15) is 24.4 Å². The number of piperidine rings is 1. The standard InChI is InChI=1S/C16H19N5O2S/c17-14(22)13(11-5-2-1-3-6-11)21-8-4-7-12(9-21)15(23)19-16-20-18-10-24-16/h1-3,5-6,10,12-13H,4,7-9H2,(H2,17,22)(H,19,20,23)/t12-,13+/m0/s1. The number of benzene rings is 1. The Kier molecular flexibility index (Phi) is 5.17. The van der Waals surface area contributed by atoms with Crippen LogP contribution >= 0.6 is 11.3 Å². The van der Waals surface area contributed by atoms with E-state index in [2.05, 4.69) is 15.5 Å². The van der Waals surface area contributed by atoms with Crippen LogP contribution in [0.2, 0.25) is 0 Å². The van der Waals surface area contributed by atoms with Crippen molar-refractivity contribution in [2.24, 2.45) is 11.7 Å². The Morgan fingerprint density at radius 3 is 2.79 bits per heavy atom. The Balaban J connectivity index is 1.71. The van der Waals surface area contributed by atoms with E-state index in [1.807, 2.05) is 35.2 Å². The highest BCUT2D eigenvalue weighted by molar-refractivity contribution is 7.13. The Bertz CT molecular complexity index is 692. The zero-order valence-electron chi connectivity index (χ0n) is 13.1. The molecule has 0 spiro atoms. The fourth-order valence-corrected chi connectivity index (χ4v) is 3.53. The van der Waals surface area contributed by atoms with E-state index in [9.17, 15) is 9.59 Å². The number of nitrogens with two attached hydrogens (primary N) is 1. The average Bonchev–Trinajstić information content (AvgIpc) is 3.09. The molecule has 3 rings (SSSR count). The summed E-state index contributed by atoms with van der Waals surface area (Å²) in [6.07, 6.45) is 1.62. The number of carbonyl (C=O) groups excluding carboxylic acids is 2. The molecule has 24 heavy (non-hydrogen) atoms. The van der Waals surface area contributed by atoms with E-state index in [0.717, 1.165) is 24.9 Å². The fraction of sp³-hybridized carbons (Fsp3) is 0.375. The van der Waals surface area contributed by atoms with E-state index in [-0.39, 0.29) is 11.8 Å². The number of aromatic nitrogens is 2. The molecule has 126 valence electrons. The summed E-state index contributed by atoms with van der Waals surface area (Å²) in [5.41, 5.74) is 8.06. The zero-order valence-corrected chi connectivity index (χ0v) is 13.9. The van der Waals surface area contributed by atoms with Gasteiger partial charge in [-0.15, -0.1) is 10.2 Å². The highest BCUT2D eigenvalue weighted by atomic mass is 32.1. The monoisotopic (exact) mass is 345 g/mol. The highest BCUT2D eigenvalue weighted by Gasteiger charge is 2.33. The molecule has 1 aromatic heterocycles. The molecule has 0 bridgehead atoms. The number of nitrogens with zero attached hydrogens (tertiary/aromatic N) is 3. The molecule has 1 aliphatic heterocycles. The van der Waals surface area contributed by atoms with Crippen LogP contribution in [0.4, 0.5) is 5.13 Å². The number of hydrogen-bond acceptors (Lipinski definition) is 6. The number of carbonyl (C=O) groups is 2. The third-order valence-electron chi connectivity index (χ3n) is 4.16. The maximum absolute atomic E-state index is 12.4. The van der Waals surface area contributed by atoms with Gasteiger partial charge in [-0.3, -0.25) is 14.5 Å². The van der Waals surface area contributed by atoms with Gasteiger partial charge in [0, 0.05) is 6.54 Å². The zero-order chi connectivity index (χ0) is 16.9. The molecule has 2 atom stereocenters. The first-order chi connectivity index (χ1) is 11.6. The van der Waals surface area contributed by atoms with E-state index in [0.29, 0.717) is 11.7 Å². The third-order valence-corrected chi connectivity index (χ3v) is 4.77. The quantitative estimate of drug-likeness (QED) is 0.853. The second-order valence-corrected chi connectivity index (χ2v) is 6.62. The Morgan fingerprint density at radius 2 is 2.12 bits per heavy atom. The molecule has 0 radical (unpaired) electrons. The number of amides is 2. The lowest BCUT2D eigenvalue weighted by Gasteiger charge is -2.36. The number of anilines is 1. The summed E-state index contributed by atoms with van der Waals surface area (Å²) >= 11 is 1.28. The molecule has 7 nitrogen and oxygen atoms in total. The van der Waals surface area contributed by atoms with Gasteiger partial charge in [0.15, 0.2) is 0 Å². The van der Waals surface area contributed by atoms with E-state index in [1.54, 1.807) is 5.51 Å². The molecule has 1 aromatic carbocycles. The van der Waals surface area contributed by atoms with Crippen molar-refractivity contribution < 1.29 is 9.59 Å².